The molecule has 12 saturated carbocycles. The summed E-state index contributed by atoms with van der Waals surface area (Å²) in [6.45, 7) is 65.1. The Morgan fingerprint density at radius 2 is 0.752 bits per heavy atom. The van der Waals surface area contributed by atoms with Crippen molar-refractivity contribution in [1.29, 1.82) is 0 Å². The highest BCUT2D eigenvalue weighted by atomic mass is 16.7. The first-order valence-electron chi connectivity index (χ1n) is 42.9. The van der Waals surface area contributed by atoms with E-state index in [4.69, 9.17) is 33.2 Å². The second kappa shape index (κ2) is 46.7. The zero-order valence-corrected chi connectivity index (χ0v) is 73.8. The van der Waals surface area contributed by atoms with Crippen molar-refractivity contribution in [3.63, 3.8) is 0 Å². The highest BCUT2D eigenvalue weighted by Gasteiger charge is 2.74. The molecule has 12 fully saturated rings. The van der Waals surface area contributed by atoms with Gasteiger partial charge >= 0.3 is 35.8 Å². The summed E-state index contributed by atoms with van der Waals surface area (Å²) in [5.74, 6) is 9.99. The Kier molecular flexibility index (Phi) is 50.6. The van der Waals surface area contributed by atoms with Crippen molar-refractivity contribution < 1.29 is 61.9 Å². The Bertz CT molecular complexity index is 2910. The van der Waals surface area contributed by atoms with Crippen LogP contribution in [0.1, 0.15) is 478 Å². The predicted octanol–water partition coefficient (Wildman–Crippen LogP) is 31.4. The fourth-order valence-corrected chi connectivity index (χ4v) is 21.0. The van der Waals surface area contributed by atoms with Crippen molar-refractivity contribution in [3.05, 3.63) is 0 Å². The molecule has 13 heteroatoms. The van der Waals surface area contributed by atoms with Crippen molar-refractivity contribution in [2.24, 2.45) is 120 Å². The average Bonchev–Trinajstić information content (AvgIpc) is 1.51. The maximum atomic E-state index is 12.7. The summed E-state index contributed by atoms with van der Waals surface area (Å²) >= 11 is 0. The van der Waals surface area contributed by atoms with Gasteiger partial charge in [0, 0.05) is 11.8 Å². The van der Waals surface area contributed by atoms with E-state index >= 15 is 0 Å². The standard InChI is InChI=1S/C20H34O2.C19H30O2.C18H30O3.C13H24O2.C12H24O2.C10H20O2.12CH4/c1-8-17(3,4)16(21)22-19(7)12-20-11-15(19)18(5,6)14(20)10-9-13(20)2;1-5-18(2,3)17(20)21-19(4)10-13-9-14(19)16-12-7-6-11(8-12)15(13)16;1-5-17(3,4)16(19)20-12(2)21-18-9-13-6-14(10-18)8-15(7-13)11-18;1-5-12(2,3)11(14)15-13(4)9-7-6-8-10-13;1-8-11(4,5)10(13)14-12(6,7)9(2)3;1-7-10(5,6)8(11)12-9(2,3)4;;;;;;;;;;;;/h13-15H,8-12H2,1-7H3;11-16H,5-10H2,1-4H3;12-15H,5-11H2,1-4H3;5-10H2,1-4H3;9H,8H2,1-7H3;7H2,1-6H3;12*1H4. The summed E-state index contributed by atoms with van der Waals surface area (Å²) in [6.07, 6.45) is 29.9. The third-order valence-electron chi connectivity index (χ3n) is 30.8. The Balaban J connectivity index is -0.000000246. The molecule has 12 rings (SSSR count). The zero-order valence-electron chi connectivity index (χ0n) is 73.8. The van der Waals surface area contributed by atoms with Crippen LogP contribution in [-0.4, -0.2) is 75.7 Å². The van der Waals surface area contributed by atoms with Crippen molar-refractivity contribution in [3.8, 4) is 0 Å². The van der Waals surface area contributed by atoms with Crippen LogP contribution in [-0.2, 0) is 61.9 Å². The maximum absolute atomic E-state index is 12.7. The second-order valence-corrected chi connectivity index (χ2v) is 43.4. The van der Waals surface area contributed by atoms with Gasteiger partial charge in [-0.3, -0.25) is 28.8 Å². The van der Waals surface area contributed by atoms with Crippen LogP contribution < -0.4 is 0 Å². The van der Waals surface area contributed by atoms with E-state index in [0.29, 0.717) is 28.6 Å². The van der Waals surface area contributed by atoms with Crippen LogP contribution in [0.4, 0.5) is 0 Å². The zero-order chi connectivity index (χ0) is 79.9. The predicted molar refractivity (Wildman–Crippen MR) is 505 cm³/mol. The maximum Gasteiger partial charge on any atom is 0.313 e. The number of ether oxygens (including phenoxy) is 7. The minimum absolute atomic E-state index is 0. The minimum Gasteiger partial charge on any atom is -0.460 e. The first-order chi connectivity index (χ1) is 47.9. The molecule has 0 amide bonds. The van der Waals surface area contributed by atoms with Crippen molar-refractivity contribution in [2.45, 2.75) is 518 Å². The van der Waals surface area contributed by atoms with Gasteiger partial charge in [-0.15, -0.1) is 0 Å². The highest BCUT2D eigenvalue weighted by molar-refractivity contribution is 5.78. The Morgan fingerprint density at radius 1 is 0.385 bits per heavy atom. The molecule has 704 valence electrons. The summed E-state index contributed by atoms with van der Waals surface area (Å²) in [7, 11) is 0. The largest absolute Gasteiger partial charge is 0.460 e. The quantitative estimate of drug-likeness (QED) is 0.0489. The monoisotopic (exact) mass is 1670 g/mol. The molecule has 0 radical (unpaired) electrons. The molecule has 12 aliphatic carbocycles. The van der Waals surface area contributed by atoms with Crippen LogP contribution in [0.2, 0.25) is 0 Å². The number of esters is 6. The van der Waals surface area contributed by atoms with Gasteiger partial charge in [-0.25, -0.2) is 0 Å². The molecule has 0 aromatic heterocycles. The fourth-order valence-electron chi connectivity index (χ4n) is 21.0. The molecule has 13 unspecified atom stereocenters. The Morgan fingerprint density at radius 3 is 1.15 bits per heavy atom. The van der Waals surface area contributed by atoms with E-state index in [1.165, 1.54) is 103 Å². The van der Waals surface area contributed by atoms with Gasteiger partial charge in [0.15, 0.2) is 0 Å². The van der Waals surface area contributed by atoms with Gasteiger partial charge in [0.1, 0.15) is 28.0 Å². The first kappa shape index (κ1) is 127. The molecule has 10 bridgehead atoms. The summed E-state index contributed by atoms with van der Waals surface area (Å²) in [6, 6.07) is 0. The van der Waals surface area contributed by atoms with Gasteiger partial charge in [0.05, 0.1) is 38.1 Å². The van der Waals surface area contributed by atoms with E-state index in [9.17, 15) is 28.8 Å². The average molecular weight is 1670 g/mol. The van der Waals surface area contributed by atoms with Crippen LogP contribution in [0.25, 0.3) is 0 Å². The van der Waals surface area contributed by atoms with E-state index in [2.05, 4.69) is 69.2 Å². The third kappa shape index (κ3) is 29.2. The van der Waals surface area contributed by atoms with Crippen molar-refractivity contribution >= 4 is 35.8 Å². The molecular weight excluding hydrogens is 1460 g/mol. The molecular formula is C104H210O13. The molecule has 0 heterocycles. The lowest BCUT2D eigenvalue weighted by atomic mass is 9.54. The highest BCUT2D eigenvalue weighted by Crippen LogP contribution is 2.77. The number of hydrogen-bond acceptors (Lipinski definition) is 13. The fraction of sp³-hybridized carbons (Fsp3) is 0.942. The molecule has 12 aliphatic rings. The molecule has 13 nitrogen and oxygen atoms in total. The molecule has 0 aromatic carbocycles. The van der Waals surface area contributed by atoms with E-state index in [1.807, 2.05) is 152 Å². The van der Waals surface area contributed by atoms with Crippen molar-refractivity contribution in [1.82, 2.24) is 0 Å². The smallest absolute Gasteiger partial charge is 0.313 e. The van der Waals surface area contributed by atoms with Crippen LogP contribution in [0.5, 0.6) is 0 Å². The minimum atomic E-state index is -0.418. The lowest BCUT2D eigenvalue weighted by molar-refractivity contribution is -0.248. The number of hydrogen-bond donors (Lipinski definition) is 0. The van der Waals surface area contributed by atoms with Gasteiger partial charge in [0.2, 0.25) is 6.29 Å². The van der Waals surface area contributed by atoms with Crippen LogP contribution in [0.15, 0.2) is 0 Å². The molecule has 13 atom stereocenters. The number of fused-ring (bicyclic) bond motifs is 10. The number of rotatable bonds is 20. The molecule has 0 aromatic rings. The topological polar surface area (TPSA) is 167 Å². The molecule has 117 heavy (non-hydrogen) atoms. The normalized spacial score (nSPS) is 30.3. The van der Waals surface area contributed by atoms with Crippen LogP contribution in [0, 0.1) is 120 Å². The van der Waals surface area contributed by atoms with E-state index in [1.54, 1.807) is 0 Å². The lowest BCUT2D eigenvalue weighted by Gasteiger charge is -2.56. The van der Waals surface area contributed by atoms with Gasteiger partial charge < -0.3 is 33.2 Å². The second-order valence-electron chi connectivity index (χ2n) is 43.4. The number of carbonyl (C=O) groups excluding carboxylic acids is 6. The lowest BCUT2D eigenvalue weighted by Crippen LogP contribution is -2.53. The first-order valence-corrected chi connectivity index (χ1v) is 42.9. The van der Waals surface area contributed by atoms with Gasteiger partial charge in [0.25, 0.3) is 0 Å². The Labute approximate surface area is 731 Å². The summed E-state index contributed by atoms with van der Waals surface area (Å²) in [4.78, 5) is 72.7. The summed E-state index contributed by atoms with van der Waals surface area (Å²) in [5.41, 5.74) is -2.80. The van der Waals surface area contributed by atoms with Gasteiger partial charge in [-0.1, -0.05) is 172 Å². The van der Waals surface area contributed by atoms with Crippen molar-refractivity contribution in [2.75, 3.05) is 0 Å². The summed E-state index contributed by atoms with van der Waals surface area (Å²) < 4.78 is 40.8. The molecule has 0 N–H and O–H groups in total. The van der Waals surface area contributed by atoms with Crippen LogP contribution >= 0.6 is 0 Å². The molecule has 0 saturated heterocycles. The van der Waals surface area contributed by atoms with Gasteiger partial charge in [-0.05, 0) is 382 Å². The summed E-state index contributed by atoms with van der Waals surface area (Å²) in [5, 5.41) is 0. The SMILES string of the molecule is C.C.C.C.C.C.C.C.C.C.C.C.CCC(C)(C)C(=O)OC(C)(C)C.CCC(C)(C)C(=O)OC(C)(C)C(C)C.CCC(C)(C)C(=O)OC(C)OC12CC3CC(CC(C3)C1)C2.CCC(C)(C)C(=O)OC1(C)CC23CC1C(C)(C)C2CCC3C.CCC(C)(C)C(=O)OC1(C)CC2CC1C1C3CCC(C3)C21.CCC(C)(C)C(=O)OC1(C)CCCCC1. The van der Waals surface area contributed by atoms with Gasteiger partial charge in [-0.2, -0.15) is 0 Å². The third-order valence-corrected chi connectivity index (χ3v) is 30.8. The van der Waals surface area contributed by atoms with E-state index < -0.39 is 11.7 Å². The number of carbonyl (C=O) groups is 6. The molecule has 0 aliphatic heterocycles. The Hall–Kier alpha value is -3.22. The van der Waals surface area contributed by atoms with Crippen LogP contribution in [0.3, 0.4) is 0 Å². The van der Waals surface area contributed by atoms with E-state index in [0.717, 1.165) is 123 Å². The molecule has 1 spiro atoms. The van der Waals surface area contributed by atoms with E-state index in [-0.39, 0.29) is 186 Å².